The number of methoxy groups -OCH3 is 1. The molecule has 0 heterocycles. The van der Waals surface area contributed by atoms with E-state index in [0.29, 0.717) is 0 Å². The van der Waals surface area contributed by atoms with Crippen molar-refractivity contribution in [2.75, 3.05) is 7.11 Å². The average molecular weight is 227 g/mol. The Morgan fingerprint density at radius 2 is 2.00 bits per heavy atom. The van der Waals surface area contributed by atoms with Crippen molar-refractivity contribution >= 4 is 5.97 Å². The first kappa shape index (κ1) is 12.3. The minimum Gasteiger partial charge on any atom is -0.504 e. The van der Waals surface area contributed by atoms with Gasteiger partial charge in [-0.15, -0.1) is 0 Å². The van der Waals surface area contributed by atoms with Crippen molar-refractivity contribution in [3.63, 3.8) is 0 Å². The molecule has 6 nitrogen and oxygen atoms in total. The number of benzene rings is 1. The van der Waals surface area contributed by atoms with Gasteiger partial charge >= 0.3 is 5.97 Å². The topological polar surface area (TPSA) is 113 Å². The second-order valence-corrected chi connectivity index (χ2v) is 3.24. The first-order chi connectivity index (χ1) is 7.47. The number of hydrogen-bond donors (Lipinski definition) is 4. The van der Waals surface area contributed by atoms with Gasteiger partial charge in [-0.3, -0.25) is 4.79 Å². The zero-order chi connectivity index (χ0) is 12.3. The van der Waals surface area contributed by atoms with Gasteiger partial charge in [0, 0.05) is 0 Å². The number of aliphatic hydroxyl groups excluding tert-OH is 1. The van der Waals surface area contributed by atoms with Crippen LogP contribution in [0.15, 0.2) is 18.2 Å². The predicted octanol–water partition coefficient (Wildman–Crippen LogP) is -0.369. The molecule has 1 aromatic carbocycles. The van der Waals surface area contributed by atoms with Crippen molar-refractivity contribution in [3.05, 3.63) is 23.8 Å². The molecule has 0 aromatic heterocycles. The van der Waals surface area contributed by atoms with E-state index in [4.69, 9.17) is 10.8 Å². The SMILES string of the molecule is COC(=O)[C@@H](N)[C@H](O)c1ccc(O)c(O)c1. The van der Waals surface area contributed by atoms with Crippen LogP contribution < -0.4 is 5.73 Å². The van der Waals surface area contributed by atoms with E-state index in [9.17, 15) is 15.0 Å². The number of aliphatic hydroxyl groups is 1. The molecular formula is C10H13NO5. The smallest absolute Gasteiger partial charge is 0.325 e. The largest absolute Gasteiger partial charge is 0.504 e. The molecule has 16 heavy (non-hydrogen) atoms. The van der Waals surface area contributed by atoms with E-state index in [1.165, 1.54) is 12.1 Å². The molecule has 88 valence electrons. The highest BCUT2D eigenvalue weighted by Gasteiger charge is 2.25. The van der Waals surface area contributed by atoms with Crippen LogP contribution in [0.5, 0.6) is 11.5 Å². The molecule has 1 rings (SSSR count). The van der Waals surface area contributed by atoms with Gasteiger partial charge < -0.3 is 25.8 Å². The summed E-state index contributed by atoms with van der Waals surface area (Å²) in [5, 5.41) is 28.0. The highest BCUT2D eigenvalue weighted by atomic mass is 16.5. The van der Waals surface area contributed by atoms with Crippen LogP contribution in [0.1, 0.15) is 11.7 Å². The molecule has 0 spiro atoms. The first-order valence-corrected chi connectivity index (χ1v) is 4.50. The average Bonchev–Trinajstić information content (AvgIpc) is 2.29. The number of phenols is 2. The Morgan fingerprint density at radius 1 is 1.38 bits per heavy atom. The Bertz CT molecular complexity index is 393. The molecule has 0 unspecified atom stereocenters. The van der Waals surface area contributed by atoms with E-state index in [2.05, 4.69) is 4.74 Å². The monoisotopic (exact) mass is 227 g/mol. The molecule has 0 aliphatic heterocycles. The predicted molar refractivity (Wildman–Crippen MR) is 54.7 cm³/mol. The van der Waals surface area contributed by atoms with Gasteiger partial charge in [0.15, 0.2) is 11.5 Å². The van der Waals surface area contributed by atoms with Gasteiger partial charge in [0.05, 0.1) is 7.11 Å². The van der Waals surface area contributed by atoms with Gasteiger partial charge in [-0.1, -0.05) is 6.07 Å². The van der Waals surface area contributed by atoms with E-state index in [1.807, 2.05) is 0 Å². The summed E-state index contributed by atoms with van der Waals surface area (Å²) in [6.07, 6.45) is -1.31. The summed E-state index contributed by atoms with van der Waals surface area (Å²) < 4.78 is 4.37. The van der Waals surface area contributed by atoms with Gasteiger partial charge in [0.25, 0.3) is 0 Å². The van der Waals surface area contributed by atoms with Crippen molar-refractivity contribution in [2.24, 2.45) is 5.73 Å². The number of esters is 1. The van der Waals surface area contributed by atoms with Crippen molar-refractivity contribution in [3.8, 4) is 11.5 Å². The minimum atomic E-state index is -1.31. The third-order valence-corrected chi connectivity index (χ3v) is 2.15. The lowest BCUT2D eigenvalue weighted by Gasteiger charge is -2.17. The van der Waals surface area contributed by atoms with Crippen LogP contribution in [0.3, 0.4) is 0 Å². The zero-order valence-electron chi connectivity index (χ0n) is 8.62. The summed E-state index contributed by atoms with van der Waals surface area (Å²) in [7, 11) is 1.16. The summed E-state index contributed by atoms with van der Waals surface area (Å²) in [6.45, 7) is 0. The van der Waals surface area contributed by atoms with E-state index >= 15 is 0 Å². The maximum atomic E-state index is 11.1. The quantitative estimate of drug-likeness (QED) is 0.414. The van der Waals surface area contributed by atoms with Gasteiger partial charge in [0.2, 0.25) is 0 Å². The molecule has 0 bridgehead atoms. The van der Waals surface area contributed by atoms with Crippen LogP contribution in [-0.2, 0) is 9.53 Å². The Balaban J connectivity index is 2.91. The molecule has 6 heteroatoms. The van der Waals surface area contributed by atoms with Crippen LogP contribution in [0.25, 0.3) is 0 Å². The van der Waals surface area contributed by atoms with Gasteiger partial charge in [0.1, 0.15) is 12.1 Å². The Labute approximate surface area is 91.9 Å². The molecule has 0 amide bonds. The van der Waals surface area contributed by atoms with Crippen LogP contribution in [0.4, 0.5) is 0 Å². The van der Waals surface area contributed by atoms with Crippen molar-refractivity contribution in [2.45, 2.75) is 12.1 Å². The molecule has 2 atom stereocenters. The van der Waals surface area contributed by atoms with Crippen molar-refractivity contribution in [1.29, 1.82) is 0 Å². The fourth-order valence-corrected chi connectivity index (χ4v) is 1.20. The van der Waals surface area contributed by atoms with Gasteiger partial charge in [-0.05, 0) is 17.7 Å². The highest BCUT2D eigenvalue weighted by molar-refractivity contribution is 5.76. The Kier molecular flexibility index (Phi) is 3.70. The molecule has 5 N–H and O–H groups in total. The lowest BCUT2D eigenvalue weighted by Crippen LogP contribution is -2.37. The molecule has 0 saturated carbocycles. The van der Waals surface area contributed by atoms with Gasteiger partial charge in [-0.25, -0.2) is 0 Å². The molecule has 0 fully saturated rings. The van der Waals surface area contributed by atoms with Crippen LogP contribution >= 0.6 is 0 Å². The zero-order valence-corrected chi connectivity index (χ0v) is 8.62. The van der Waals surface area contributed by atoms with Crippen LogP contribution in [0, 0.1) is 0 Å². The molecule has 0 radical (unpaired) electrons. The number of rotatable bonds is 3. The molecule has 0 aliphatic rings. The standard InChI is InChI=1S/C10H13NO5/c1-16-10(15)8(11)9(14)5-2-3-6(12)7(13)4-5/h2-4,8-9,12-14H,11H2,1H3/t8-,9+/m0/s1. The number of hydrogen-bond acceptors (Lipinski definition) is 6. The normalized spacial score (nSPS) is 14.2. The number of ether oxygens (including phenoxy) is 1. The lowest BCUT2D eigenvalue weighted by atomic mass is 10.0. The van der Waals surface area contributed by atoms with Crippen LogP contribution in [-0.4, -0.2) is 34.4 Å². The summed E-state index contributed by atoms with van der Waals surface area (Å²) in [4.78, 5) is 11.1. The third kappa shape index (κ3) is 2.41. The van der Waals surface area contributed by atoms with E-state index in [-0.39, 0.29) is 11.3 Å². The maximum Gasteiger partial charge on any atom is 0.325 e. The number of aromatic hydroxyl groups is 2. The number of phenolic OH excluding ortho intramolecular Hbond substituents is 2. The molecular weight excluding hydrogens is 214 g/mol. The Hall–Kier alpha value is -1.79. The molecule has 0 aliphatic carbocycles. The van der Waals surface area contributed by atoms with Crippen molar-refractivity contribution in [1.82, 2.24) is 0 Å². The highest BCUT2D eigenvalue weighted by Crippen LogP contribution is 2.28. The second kappa shape index (κ2) is 4.82. The maximum absolute atomic E-state index is 11.1. The fraction of sp³-hybridized carbons (Fsp3) is 0.300. The fourth-order valence-electron chi connectivity index (χ4n) is 1.20. The lowest BCUT2D eigenvalue weighted by molar-refractivity contribution is -0.145. The Morgan fingerprint density at radius 3 is 2.50 bits per heavy atom. The van der Waals surface area contributed by atoms with E-state index in [0.717, 1.165) is 13.2 Å². The third-order valence-electron chi connectivity index (χ3n) is 2.15. The van der Waals surface area contributed by atoms with Gasteiger partial charge in [-0.2, -0.15) is 0 Å². The summed E-state index contributed by atoms with van der Waals surface area (Å²) in [5.74, 6) is -1.48. The first-order valence-electron chi connectivity index (χ1n) is 4.50. The minimum absolute atomic E-state index is 0.216. The second-order valence-electron chi connectivity index (χ2n) is 3.24. The number of carbonyl (C=O) groups is 1. The van der Waals surface area contributed by atoms with Crippen LogP contribution in [0.2, 0.25) is 0 Å². The molecule has 0 saturated heterocycles. The molecule has 1 aromatic rings. The van der Waals surface area contributed by atoms with E-state index < -0.39 is 23.9 Å². The summed E-state index contributed by atoms with van der Waals surface area (Å²) in [6, 6.07) is 2.43. The number of nitrogens with two attached hydrogens (primary N) is 1. The number of carbonyl (C=O) groups excluding carboxylic acids is 1. The summed E-state index contributed by atoms with van der Waals surface area (Å²) in [5.41, 5.74) is 5.64. The summed E-state index contributed by atoms with van der Waals surface area (Å²) >= 11 is 0. The van der Waals surface area contributed by atoms with Crippen molar-refractivity contribution < 1.29 is 24.9 Å². The van der Waals surface area contributed by atoms with E-state index in [1.54, 1.807) is 0 Å².